The van der Waals surface area contributed by atoms with Crippen molar-refractivity contribution in [3.63, 3.8) is 0 Å². The van der Waals surface area contributed by atoms with Gasteiger partial charge in [-0.15, -0.1) is 11.3 Å². The van der Waals surface area contributed by atoms with Gasteiger partial charge in [-0.1, -0.05) is 6.92 Å². The maximum Gasteiger partial charge on any atom is 0.0943 e. The van der Waals surface area contributed by atoms with Crippen LogP contribution in [0.5, 0.6) is 0 Å². The summed E-state index contributed by atoms with van der Waals surface area (Å²) in [5.74, 6) is 0.515. The number of hydrogen-bond acceptors (Lipinski definition) is 4. The van der Waals surface area contributed by atoms with Crippen molar-refractivity contribution >= 4 is 11.3 Å². The number of aromatic nitrogens is 1. The minimum absolute atomic E-state index is 0.0271. The van der Waals surface area contributed by atoms with Crippen molar-refractivity contribution in [3.05, 3.63) is 16.1 Å². The molecular weight excluding hydrogens is 268 g/mol. The lowest BCUT2D eigenvalue weighted by molar-refractivity contribution is -0.0776. The van der Waals surface area contributed by atoms with Gasteiger partial charge in [0.1, 0.15) is 0 Å². The SMILES string of the molecule is CCNC(Cc1nc(C)cs1)C1CC(C)(C)OC1(C)C. The van der Waals surface area contributed by atoms with Crippen molar-refractivity contribution in [1.29, 1.82) is 0 Å². The highest BCUT2D eigenvalue weighted by Gasteiger charge is 2.48. The average molecular weight is 296 g/mol. The third kappa shape index (κ3) is 3.60. The van der Waals surface area contributed by atoms with Gasteiger partial charge < -0.3 is 10.1 Å². The van der Waals surface area contributed by atoms with E-state index in [0.717, 1.165) is 25.1 Å². The molecule has 4 heteroatoms. The van der Waals surface area contributed by atoms with Crippen LogP contribution in [0.2, 0.25) is 0 Å². The van der Waals surface area contributed by atoms with Gasteiger partial charge in [-0.3, -0.25) is 0 Å². The van der Waals surface area contributed by atoms with E-state index in [1.807, 2.05) is 0 Å². The van der Waals surface area contributed by atoms with E-state index in [0.29, 0.717) is 12.0 Å². The summed E-state index contributed by atoms with van der Waals surface area (Å²) < 4.78 is 6.26. The van der Waals surface area contributed by atoms with Gasteiger partial charge in [0.25, 0.3) is 0 Å². The Labute approximate surface area is 127 Å². The van der Waals surface area contributed by atoms with Gasteiger partial charge in [-0.2, -0.15) is 0 Å². The lowest BCUT2D eigenvalue weighted by Gasteiger charge is -2.33. The van der Waals surface area contributed by atoms with Gasteiger partial charge in [0, 0.05) is 29.5 Å². The normalized spacial score (nSPS) is 25.8. The smallest absolute Gasteiger partial charge is 0.0943 e. The third-order valence-electron chi connectivity index (χ3n) is 4.16. The Morgan fingerprint density at radius 2 is 2.15 bits per heavy atom. The summed E-state index contributed by atoms with van der Waals surface area (Å²) in [4.78, 5) is 4.63. The topological polar surface area (TPSA) is 34.2 Å². The molecule has 0 spiro atoms. The van der Waals surface area contributed by atoms with Crippen LogP contribution < -0.4 is 5.32 Å². The number of nitrogens with one attached hydrogen (secondary N) is 1. The first-order chi connectivity index (χ1) is 9.23. The lowest BCUT2D eigenvalue weighted by atomic mass is 9.80. The van der Waals surface area contributed by atoms with E-state index < -0.39 is 0 Å². The van der Waals surface area contributed by atoms with E-state index in [9.17, 15) is 0 Å². The quantitative estimate of drug-likeness (QED) is 0.902. The summed E-state index contributed by atoms with van der Waals surface area (Å²) in [5.41, 5.74) is 1.02. The Bertz CT molecular complexity index is 453. The molecule has 1 saturated heterocycles. The summed E-state index contributed by atoms with van der Waals surface area (Å²) in [7, 11) is 0. The number of nitrogens with zero attached hydrogens (tertiary/aromatic N) is 1. The van der Waals surface area contributed by atoms with Crippen LogP contribution >= 0.6 is 11.3 Å². The largest absolute Gasteiger partial charge is 0.369 e. The number of ether oxygens (including phenoxy) is 1. The fourth-order valence-corrected chi connectivity index (χ4v) is 4.37. The zero-order valence-corrected chi connectivity index (χ0v) is 14.4. The zero-order chi connectivity index (χ0) is 15.0. The second-order valence-electron chi connectivity index (χ2n) is 7.03. The first-order valence-corrected chi connectivity index (χ1v) is 8.46. The maximum atomic E-state index is 6.26. The van der Waals surface area contributed by atoms with Crippen molar-refractivity contribution in [2.75, 3.05) is 6.54 Å². The summed E-state index contributed by atoms with van der Waals surface area (Å²) in [6, 6.07) is 0.433. The van der Waals surface area contributed by atoms with Crippen LogP contribution in [0.15, 0.2) is 5.38 Å². The Morgan fingerprint density at radius 1 is 1.45 bits per heavy atom. The van der Waals surface area contributed by atoms with Crippen LogP contribution in [-0.2, 0) is 11.2 Å². The fraction of sp³-hybridized carbons (Fsp3) is 0.812. The molecule has 3 nitrogen and oxygen atoms in total. The summed E-state index contributed by atoms with van der Waals surface area (Å²) in [6.45, 7) is 14.1. The van der Waals surface area contributed by atoms with Gasteiger partial charge in [0.05, 0.1) is 16.2 Å². The number of thiazole rings is 1. The fourth-order valence-electron chi connectivity index (χ4n) is 3.54. The first-order valence-electron chi connectivity index (χ1n) is 7.58. The van der Waals surface area contributed by atoms with Crippen LogP contribution in [0.25, 0.3) is 0 Å². The van der Waals surface area contributed by atoms with Crippen molar-refractivity contribution in [3.8, 4) is 0 Å². The highest BCUT2D eigenvalue weighted by Crippen LogP contribution is 2.44. The summed E-state index contributed by atoms with van der Waals surface area (Å²) in [5, 5.41) is 7.03. The second kappa shape index (κ2) is 5.74. The van der Waals surface area contributed by atoms with Crippen LogP contribution in [0.4, 0.5) is 0 Å². The molecule has 20 heavy (non-hydrogen) atoms. The molecule has 1 aliphatic rings. The van der Waals surface area contributed by atoms with Gasteiger partial charge in [0.2, 0.25) is 0 Å². The minimum atomic E-state index is -0.0807. The molecule has 2 rings (SSSR count). The van der Waals surface area contributed by atoms with E-state index >= 15 is 0 Å². The van der Waals surface area contributed by atoms with Gasteiger partial charge in [0.15, 0.2) is 0 Å². The third-order valence-corrected chi connectivity index (χ3v) is 5.15. The highest BCUT2D eigenvalue weighted by molar-refractivity contribution is 7.09. The standard InChI is InChI=1S/C16H28N2OS/c1-7-17-13(8-14-18-11(2)10-20-14)12-9-15(3,4)19-16(12,5)6/h10,12-13,17H,7-9H2,1-6H3. The Morgan fingerprint density at radius 3 is 2.60 bits per heavy atom. The Balaban J connectivity index is 2.15. The van der Waals surface area contributed by atoms with Gasteiger partial charge in [-0.25, -0.2) is 4.98 Å². The molecule has 0 saturated carbocycles. The van der Waals surface area contributed by atoms with Crippen molar-refractivity contribution in [2.24, 2.45) is 5.92 Å². The highest BCUT2D eigenvalue weighted by atomic mass is 32.1. The van der Waals surface area contributed by atoms with Crippen molar-refractivity contribution in [1.82, 2.24) is 10.3 Å². The molecule has 1 aromatic rings. The number of aryl methyl sites for hydroxylation is 1. The molecule has 0 radical (unpaired) electrons. The molecule has 0 bridgehead atoms. The molecule has 2 unspecified atom stereocenters. The molecule has 2 atom stereocenters. The number of likely N-dealkylation sites (N-methyl/N-ethyl adjacent to an activating group) is 1. The Hall–Kier alpha value is -0.450. The summed E-state index contributed by atoms with van der Waals surface area (Å²) >= 11 is 1.77. The van der Waals surface area contributed by atoms with E-state index in [1.165, 1.54) is 5.01 Å². The molecule has 1 fully saturated rings. The predicted octanol–water partition coefficient (Wildman–Crippen LogP) is 3.57. The molecule has 1 N–H and O–H groups in total. The number of hydrogen-bond donors (Lipinski definition) is 1. The van der Waals surface area contributed by atoms with Crippen molar-refractivity contribution < 1.29 is 4.74 Å². The summed E-state index contributed by atoms with van der Waals surface area (Å²) in [6.07, 6.45) is 2.10. The van der Waals surface area contributed by atoms with Crippen LogP contribution in [0.3, 0.4) is 0 Å². The molecule has 0 amide bonds. The molecule has 0 aromatic carbocycles. The van der Waals surface area contributed by atoms with Gasteiger partial charge >= 0.3 is 0 Å². The zero-order valence-electron chi connectivity index (χ0n) is 13.6. The molecule has 114 valence electrons. The number of rotatable bonds is 5. The minimum Gasteiger partial charge on any atom is -0.369 e. The van der Waals surface area contributed by atoms with Crippen LogP contribution in [-0.4, -0.2) is 28.8 Å². The first kappa shape index (κ1) is 15.9. The van der Waals surface area contributed by atoms with E-state index in [2.05, 4.69) is 57.2 Å². The van der Waals surface area contributed by atoms with E-state index in [1.54, 1.807) is 11.3 Å². The van der Waals surface area contributed by atoms with Crippen LogP contribution in [0.1, 0.15) is 51.7 Å². The molecular formula is C16H28N2OS. The Kier molecular flexibility index (Phi) is 4.57. The average Bonchev–Trinajstić information content (AvgIpc) is 2.78. The predicted molar refractivity (Wildman–Crippen MR) is 85.4 cm³/mol. The second-order valence-corrected chi connectivity index (χ2v) is 7.97. The maximum absolute atomic E-state index is 6.26. The van der Waals surface area contributed by atoms with Gasteiger partial charge in [-0.05, 0) is 47.6 Å². The lowest BCUT2D eigenvalue weighted by Crippen LogP contribution is -2.45. The molecule has 2 heterocycles. The van der Waals surface area contributed by atoms with Crippen LogP contribution in [0, 0.1) is 12.8 Å². The van der Waals surface area contributed by atoms with E-state index in [-0.39, 0.29) is 11.2 Å². The monoisotopic (exact) mass is 296 g/mol. The van der Waals surface area contributed by atoms with Crippen molar-refractivity contribution in [2.45, 2.75) is 71.6 Å². The molecule has 0 aliphatic carbocycles. The molecule has 1 aliphatic heterocycles. The molecule has 1 aromatic heterocycles. The van der Waals surface area contributed by atoms with E-state index in [4.69, 9.17) is 4.74 Å².